The predicted octanol–water partition coefficient (Wildman–Crippen LogP) is 2.87. The standard InChI is InChI=1S/C20H23ClN2O5S/c1-13-11-17(14(2)22(13)3)19(24)12-28-20(25)18-5-4-10-23(18)29(26,27)16-8-6-15(21)7-9-16/h6-9,11,18H,4-5,10,12H2,1-3H3. The van der Waals surface area contributed by atoms with Crippen molar-refractivity contribution in [2.24, 2.45) is 7.05 Å². The van der Waals surface area contributed by atoms with E-state index in [0.29, 0.717) is 23.4 Å². The van der Waals surface area contributed by atoms with Crippen molar-refractivity contribution in [2.45, 2.75) is 37.6 Å². The summed E-state index contributed by atoms with van der Waals surface area (Å²) in [4.78, 5) is 25.1. The molecule has 2 heterocycles. The molecule has 3 rings (SSSR count). The van der Waals surface area contributed by atoms with Crippen molar-refractivity contribution in [1.82, 2.24) is 8.87 Å². The molecular formula is C20H23ClN2O5S. The molecule has 1 atom stereocenters. The summed E-state index contributed by atoms with van der Waals surface area (Å²) in [5, 5.41) is 0.422. The number of rotatable bonds is 6. The lowest BCUT2D eigenvalue weighted by Gasteiger charge is -2.22. The number of esters is 1. The Morgan fingerprint density at radius 3 is 2.45 bits per heavy atom. The van der Waals surface area contributed by atoms with Crippen molar-refractivity contribution >= 4 is 33.4 Å². The molecule has 0 radical (unpaired) electrons. The van der Waals surface area contributed by atoms with Gasteiger partial charge in [-0.15, -0.1) is 0 Å². The lowest BCUT2D eigenvalue weighted by Crippen LogP contribution is -2.41. The quantitative estimate of drug-likeness (QED) is 0.511. The zero-order valence-electron chi connectivity index (χ0n) is 16.5. The smallest absolute Gasteiger partial charge is 0.324 e. The molecule has 2 aromatic rings. The molecule has 1 saturated heterocycles. The van der Waals surface area contributed by atoms with Crippen LogP contribution in [-0.4, -0.2) is 48.2 Å². The van der Waals surface area contributed by atoms with Gasteiger partial charge in [-0.05, 0) is 57.0 Å². The molecule has 0 bridgehead atoms. The molecule has 0 aliphatic carbocycles. The zero-order valence-corrected chi connectivity index (χ0v) is 18.1. The lowest BCUT2D eigenvalue weighted by atomic mass is 10.1. The highest BCUT2D eigenvalue weighted by atomic mass is 35.5. The van der Waals surface area contributed by atoms with E-state index in [9.17, 15) is 18.0 Å². The van der Waals surface area contributed by atoms with Gasteiger partial charge in [-0.25, -0.2) is 8.42 Å². The van der Waals surface area contributed by atoms with Gasteiger partial charge in [0.1, 0.15) is 6.04 Å². The van der Waals surface area contributed by atoms with Crippen LogP contribution in [0.2, 0.25) is 5.02 Å². The number of benzene rings is 1. The third-order valence-electron chi connectivity index (χ3n) is 5.32. The van der Waals surface area contributed by atoms with Gasteiger partial charge < -0.3 is 9.30 Å². The Morgan fingerprint density at radius 2 is 1.86 bits per heavy atom. The van der Waals surface area contributed by atoms with Gasteiger partial charge in [0.05, 0.1) is 4.90 Å². The highest BCUT2D eigenvalue weighted by molar-refractivity contribution is 7.89. The van der Waals surface area contributed by atoms with Gasteiger partial charge in [0.2, 0.25) is 15.8 Å². The first kappa shape index (κ1) is 21.5. The predicted molar refractivity (Wildman–Crippen MR) is 109 cm³/mol. The van der Waals surface area contributed by atoms with Crippen LogP contribution in [0.15, 0.2) is 35.2 Å². The minimum absolute atomic E-state index is 0.0630. The number of nitrogens with zero attached hydrogens (tertiary/aromatic N) is 2. The van der Waals surface area contributed by atoms with E-state index >= 15 is 0 Å². The number of halogens is 1. The topological polar surface area (TPSA) is 85.7 Å². The average Bonchev–Trinajstić information content (AvgIpc) is 3.28. The van der Waals surface area contributed by atoms with Crippen LogP contribution < -0.4 is 0 Å². The Morgan fingerprint density at radius 1 is 1.21 bits per heavy atom. The summed E-state index contributed by atoms with van der Waals surface area (Å²) in [6, 6.07) is 6.59. The number of carbonyl (C=O) groups is 2. The molecule has 7 nitrogen and oxygen atoms in total. The SMILES string of the molecule is Cc1cc(C(=O)COC(=O)C2CCCN2S(=O)(=O)c2ccc(Cl)cc2)c(C)n1C. The van der Waals surface area contributed by atoms with Gasteiger partial charge in [-0.3, -0.25) is 9.59 Å². The largest absolute Gasteiger partial charge is 0.456 e. The Balaban J connectivity index is 1.70. The van der Waals surface area contributed by atoms with Crippen LogP contribution in [0.5, 0.6) is 0 Å². The highest BCUT2D eigenvalue weighted by Gasteiger charge is 2.40. The third kappa shape index (κ3) is 4.24. The van der Waals surface area contributed by atoms with E-state index in [2.05, 4.69) is 0 Å². The molecule has 0 spiro atoms. The van der Waals surface area contributed by atoms with E-state index in [0.717, 1.165) is 15.7 Å². The number of hydrogen-bond acceptors (Lipinski definition) is 5. The van der Waals surface area contributed by atoms with Crippen LogP contribution >= 0.6 is 11.6 Å². The fraction of sp³-hybridized carbons (Fsp3) is 0.400. The molecule has 9 heteroatoms. The number of hydrogen-bond donors (Lipinski definition) is 0. The van der Waals surface area contributed by atoms with Crippen LogP contribution in [0.4, 0.5) is 0 Å². The Labute approximate surface area is 175 Å². The van der Waals surface area contributed by atoms with Crippen molar-refractivity contribution < 1.29 is 22.7 Å². The van der Waals surface area contributed by atoms with Crippen molar-refractivity contribution in [3.05, 3.63) is 52.3 Å². The summed E-state index contributed by atoms with van der Waals surface area (Å²) in [6.07, 6.45) is 0.890. The van der Waals surface area contributed by atoms with Gasteiger partial charge in [0.25, 0.3) is 0 Å². The van der Waals surface area contributed by atoms with Gasteiger partial charge in [0.15, 0.2) is 6.61 Å². The fourth-order valence-corrected chi connectivity index (χ4v) is 5.23. The summed E-state index contributed by atoms with van der Waals surface area (Å²) in [5.41, 5.74) is 2.21. The number of carbonyl (C=O) groups excluding carboxylic acids is 2. The Hall–Kier alpha value is -2.16. The maximum atomic E-state index is 12.9. The third-order valence-corrected chi connectivity index (χ3v) is 7.49. The first-order chi connectivity index (χ1) is 13.6. The molecular weight excluding hydrogens is 416 g/mol. The summed E-state index contributed by atoms with van der Waals surface area (Å²) >= 11 is 5.83. The van der Waals surface area contributed by atoms with Crippen molar-refractivity contribution in [1.29, 1.82) is 0 Å². The van der Waals surface area contributed by atoms with E-state index in [4.69, 9.17) is 16.3 Å². The van der Waals surface area contributed by atoms with Crippen LogP contribution in [0.25, 0.3) is 0 Å². The number of aryl methyl sites for hydroxylation is 1. The maximum Gasteiger partial charge on any atom is 0.324 e. The molecule has 1 aliphatic rings. The van der Waals surface area contributed by atoms with Gasteiger partial charge >= 0.3 is 5.97 Å². The van der Waals surface area contributed by atoms with Gasteiger partial charge in [0, 0.05) is 35.6 Å². The number of sulfonamides is 1. The number of Topliss-reactive ketones (excluding diaryl/α,β-unsaturated/α-hetero) is 1. The molecule has 0 saturated carbocycles. The Kier molecular flexibility index (Phi) is 6.16. The monoisotopic (exact) mass is 438 g/mol. The molecule has 0 amide bonds. The second-order valence-corrected chi connectivity index (χ2v) is 9.43. The molecule has 0 N–H and O–H groups in total. The second kappa shape index (κ2) is 8.30. The van der Waals surface area contributed by atoms with Crippen LogP contribution in [0, 0.1) is 13.8 Å². The number of ketones is 1. The Bertz CT molecular complexity index is 1040. The van der Waals surface area contributed by atoms with Gasteiger partial charge in [-0.1, -0.05) is 11.6 Å². The second-order valence-electron chi connectivity index (χ2n) is 7.10. The van der Waals surface area contributed by atoms with Crippen LogP contribution in [0.3, 0.4) is 0 Å². The first-order valence-corrected chi connectivity index (χ1v) is 11.0. The highest BCUT2D eigenvalue weighted by Crippen LogP contribution is 2.27. The number of ether oxygens (including phenoxy) is 1. The van der Waals surface area contributed by atoms with Crippen molar-refractivity contribution in [3.63, 3.8) is 0 Å². The van der Waals surface area contributed by atoms with E-state index in [1.54, 1.807) is 6.07 Å². The summed E-state index contributed by atoms with van der Waals surface area (Å²) in [7, 11) is -2.01. The zero-order chi connectivity index (χ0) is 21.3. The minimum Gasteiger partial charge on any atom is -0.456 e. The van der Waals surface area contributed by atoms with Crippen LogP contribution in [0.1, 0.15) is 34.6 Å². The summed E-state index contributed by atoms with van der Waals surface area (Å²) in [5.74, 6) is -1.02. The molecule has 1 aliphatic heterocycles. The molecule has 156 valence electrons. The van der Waals surface area contributed by atoms with Crippen molar-refractivity contribution in [3.8, 4) is 0 Å². The first-order valence-electron chi connectivity index (χ1n) is 9.23. The van der Waals surface area contributed by atoms with E-state index in [-0.39, 0.29) is 17.2 Å². The van der Waals surface area contributed by atoms with Crippen molar-refractivity contribution in [2.75, 3.05) is 13.2 Å². The molecule has 1 aromatic heterocycles. The normalized spacial score (nSPS) is 17.4. The summed E-state index contributed by atoms with van der Waals surface area (Å²) < 4.78 is 34.0. The van der Waals surface area contributed by atoms with E-state index in [1.807, 2.05) is 25.5 Å². The molecule has 1 fully saturated rings. The number of aromatic nitrogens is 1. The van der Waals surface area contributed by atoms with Gasteiger partial charge in [-0.2, -0.15) is 4.31 Å². The van der Waals surface area contributed by atoms with E-state index in [1.165, 1.54) is 24.3 Å². The van der Waals surface area contributed by atoms with Crippen LogP contribution in [-0.2, 0) is 26.6 Å². The van der Waals surface area contributed by atoms with E-state index < -0.39 is 28.6 Å². The fourth-order valence-electron chi connectivity index (χ4n) is 3.45. The maximum absolute atomic E-state index is 12.9. The minimum atomic E-state index is -3.86. The average molecular weight is 439 g/mol. The lowest BCUT2D eigenvalue weighted by molar-refractivity contribution is -0.146. The summed E-state index contributed by atoms with van der Waals surface area (Å²) in [6.45, 7) is 3.50. The molecule has 1 aromatic carbocycles. The molecule has 29 heavy (non-hydrogen) atoms. The molecule has 1 unspecified atom stereocenters.